The van der Waals surface area contributed by atoms with E-state index < -0.39 is 23.6 Å². The van der Waals surface area contributed by atoms with E-state index in [1.54, 1.807) is 18.2 Å². The van der Waals surface area contributed by atoms with Crippen LogP contribution in [-0.2, 0) is 11.0 Å². The van der Waals surface area contributed by atoms with Gasteiger partial charge in [0, 0.05) is 49.8 Å². The normalized spacial score (nSPS) is 14.1. The molecule has 1 aromatic heterocycles. The Morgan fingerprint density at radius 1 is 1.17 bits per heavy atom. The Bertz CT molecular complexity index is 1270. The monoisotopic (exact) mass is 501 g/mol. The van der Waals surface area contributed by atoms with E-state index in [1.165, 1.54) is 24.3 Å². The van der Waals surface area contributed by atoms with Gasteiger partial charge in [0.1, 0.15) is 29.7 Å². The number of hydrogen-bond acceptors (Lipinski definition) is 5. The Balaban J connectivity index is 1.53. The predicted octanol–water partition coefficient (Wildman–Crippen LogP) is 3.51. The average molecular weight is 501 g/mol. The maximum Gasteiger partial charge on any atom is 0.432 e. The van der Waals surface area contributed by atoms with Gasteiger partial charge < -0.3 is 20.4 Å². The number of carbonyl (C=O) groups excluding carboxylic acids is 1. The second-order valence-corrected chi connectivity index (χ2v) is 8.01. The lowest BCUT2D eigenvalue weighted by Gasteiger charge is -2.27. The number of H-pyrrole nitrogens is 1. The number of ether oxygens (including phenoxy) is 1. The topological polar surface area (TPSA) is 82.3 Å². The number of rotatable bonds is 6. The Morgan fingerprint density at radius 3 is 2.69 bits per heavy atom. The number of halogens is 4. The molecule has 188 valence electrons. The van der Waals surface area contributed by atoms with E-state index in [2.05, 4.69) is 37.3 Å². The Morgan fingerprint density at radius 2 is 1.97 bits per heavy atom. The second kappa shape index (κ2) is 11.2. The number of alkyl halides is 3. The van der Waals surface area contributed by atoms with Gasteiger partial charge in [-0.05, 0) is 36.4 Å². The van der Waals surface area contributed by atoms with Crippen LogP contribution in [0.4, 0.5) is 23.2 Å². The second-order valence-electron chi connectivity index (χ2n) is 8.01. The SMILES string of the molecule is O=C(C#Cc1cccc(F)c1)Nc1cc(-c2ncc(C(F)(F)F)[nH]2)ccc1OCCN1CCNCC1. The highest BCUT2D eigenvalue weighted by atomic mass is 19.4. The van der Waals surface area contributed by atoms with Crippen LogP contribution < -0.4 is 15.4 Å². The van der Waals surface area contributed by atoms with Crippen LogP contribution in [0.1, 0.15) is 11.3 Å². The fourth-order valence-corrected chi connectivity index (χ4v) is 3.58. The fraction of sp³-hybridized carbons (Fsp3) is 0.280. The van der Waals surface area contributed by atoms with E-state index in [-0.39, 0.29) is 11.5 Å². The van der Waals surface area contributed by atoms with Gasteiger partial charge >= 0.3 is 12.1 Å². The van der Waals surface area contributed by atoms with Crippen molar-refractivity contribution in [3.05, 3.63) is 65.7 Å². The number of imidazole rings is 1. The fourth-order valence-electron chi connectivity index (χ4n) is 3.58. The summed E-state index contributed by atoms with van der Waals surface area (Å²) in [6, 6.07) is 10.1. The van der Waals surface area contributed by atoms with Crippen molar-refractivity contribution in [3.8, 4) is 29.0 Å². The molecule has 11 heteroatoms. The van der Waals surface area contributed by atoms with Crippen LogP contribution >= 0.6 is 0 Å². The standard InChI is InChI=1S/C25H23F4N5O2/c26-19-3-1-2-17(14-19)4-7-23(35)32-20-15-18(24-31-16-22(33-24)25(27,28)29)5-6-21(20)36-13-12-34-10-8-30-9-11-34/h1-3,5-6,14-16,30H,8-13H2,(H,31,33)(H,32,35). The molecule has 7 nitrogen and oxygen atoms in total. The predicted molar refractivity (Wildman–Crippen MR) is 126 cm³/mol. The van der Waals surface area contributed by atoms with Crippen molar-refractivity contribution in [2.24, 2.45) is 0 Å². The minimum atomic E-state index is -4.57. The lowest BCUT2D eigenvalue weighted by Crippen LogP contribution is -2.44. The van der Waals surface area contributed by atoms with Gasteiger partial charge in [-0.25, -0.2) is 9.37 Å². The summed E-state index contributed by atoms with van der Waals surface area (Å²) in [5.41, 5.74) is -0.133. The van der Waals surface area contributed by atoms with Crippen LogP contribution in [0.5, 0.6) is 5.75 Å². The maximum absolute atomic E-state index is 13.4. The lowest BCUT2D eigenvalue weighted by atomic mass is 10.1. The third kappa shape index (κ3) is 6.84. The molecule has 3 N–H and O–H groups in total. The summed E-state index contributed by atoms with van der Waals surface area (Å²) in [6.45, 7) is 4.58. The summed E-state index contributed by atoms with van der Waals surface area (Å²) in [5, 5.41) is 5.88. The molecule has 0 radical (unpaired) electrons. The quantitative estimate of drug-likeness (QED) is 0.356. The van der Waals surface area contributed by atoms with Crippen molar-refractivity contribution in [2.45, 2.75) is 6.18 Å². The summed E-state index contributed by atoms with van der Waals surface area (Å²) in [5.74, 6) is 4.10. The number of hydrogen-bond donors (Lipinski definition) is 3. The summed E-state index contributed by atoms with van der Waals surface area (Å²) in [7, 11) is 0. The number of aromatic nitrogens is 2. The molecule has 1 amide bonds. The van der Waals surface area contributed by atoms with Gasteiger partial charge in [-0.15, -0.1) is 0 Å². The molecular weight excluding hydrogens is 478 g/mol. The van der Waals surface area contributed by atoms with Gasteiger partial charge in [0.25, 0.3) is 0 Å². The zero-order valence-corrected chi connectivity index (χ0v) is 19.1. The van der Waals surface area contributed by atoms with E-state index in [1.807, 2.05) is 0 Å². The third-order valence-corrected chi connectivity index (χ3v) is 5.40. The molecule has 1 aliphatic heterocycles. The van der Waals surface area contributed by atoms with E-state index in [9.17, 15) is 22.4 Å². The molecule has 3 aromatic rings. The Kier molecular flexibility index (Phi) is 7.87. The van der Waals surface area contributed by atoms with E-state index in [0.717, 1.165) is 26.2 Å². The molecule has 0 saturated carbocycles. The van der Waals surface area contributed by atoms with Crippen molar-refractivity contribution < 1.29 is 27.1 Å². The van der Waals surface area contributed by atoms with E-state index in [4.69, 9.17) is 4.74 Å². The van der Waals surface area contributed by atoms with Gasteiger partial charge in [0.05, 0.1) is 11.9 Å². The molecule has 36 heavy (non-hydrogen) atoms. The van der Waals surface area contributed by atoms with Crippen LogP contribution in [0.25, 0.3) is 11.4 Å². The van der Waals surface area contributed by atoms with Crippen LogP contribution in [0.15, 0.2) is 48.7 Å². The van der Waals surface area contributed by atoms with Crippen molar-refractivity contribution in [1.29, 1.82) is 0 Å². The summed E-state index contributed by atoms with van der Waals surface area (Å²) < 4.78 is 58.2. The summed E-state index contributed by atoms with van der Waals surface area (Å²) in [4.78, 5) is 20.8. The average Bonchev–Trinajstić information content (AvgIpc) is 3.36. The first kappa shape index (κ1) is 25.2. The zero-order valence-electron chi connectivity index (χ0n) is 19.1. The highest BCUT2D eigenvalue weighted by molar-refractivity contribution is 6.05. The van der Waals surface area contributed by atoms with Gasteiger partial charge in [-0.1, -0.05) is 12.0 Å². The Hall–Kier alpha value is -3.88. The minimum Gasteiger partial charge on any atom is -0.490 e. The van der Waals surface area contributed by atoms with Crippen LogP contribution in [0.3, 0.4) is 0 Å². The Labute approximate surface area is 204 Å². The summed E-state index contributed by atoms with van der Waals surface area (Å²) in [6.07, 6.45) is -3.86. The van der Waals surface area contributed by atoms with Crippen molar-refractivity contribution in [3.63, 3.8) is 0 Å². The molecular formula is C25H23F4N5O2. The molecule has 2 aromatic carbocycles. The van der Waals surface area contributed by atoms with Crippen molar-refractivity contribution in [1.82, 2.24) is 20.2 Å². The summed E-state index contributed by atoms with van der Waals surface area (Å²) >= 11 is 0. The highest BCUT2D eigenvalue weighted by Crippen LogP contribution is 2.32. The number of benzene rings is 2. The lowest BCUT2D eigenvalue weighted by molar-refractivity contribution is -0.140. The van der Waals surface area contributed by atoms with Gasteiger partial charge in [0.15, 0.2) is 0 Å². The number of amides is 1. The molecule has 0 unspecified atom stereocenters. The number of nitrogens with zero attached hydrogens (tertiary/aromatic N) is 2. The molecule has 4 rings (SSSR count). The zero-order chi connectivity index (χ0) is 25.5. The maximum atomic E-state index is 13.4. The molecule has 1 aliphatic rings. The number of piperazine rings is 1. The molecule has 2 heterocycles. The molecule has 1 fully saturated rings. The van der Waals surface area contributed by atoms with Crippen LogP contribution in [0, 0.1) is 17.7 Å². The minimum absolute atomic E-state index is 0.0176. The largest absolute Gasteiger partial charge is 0.490 e. The third-order valence-electron chi connectivity index (χ3n) is 5.40. The molecule has 0 spiro atoms. The number of aromatic amines is 1. The molecule has 1 saturated heterocycles. The number of nitrogens with one attached hydrogen (secondary N) is 3. The van der Waals surface area contributed by atoms with E-state index >= 15 is 0 Å². The first-order valence-electron chi connectivity index (χ1n) is 11.2. The van der Waals surface area contributed by atoms with Crippen molar-refractivity contribution in [2.75, 3.05) is 44.6 Å². The van der Waals surface area contributed by atoms with Crippen LogP contribution in [0.2, 0.25) is 0 Å². The first-order chi connectivity index (χ1) is 17.3. The number of anilines is 1. The molecule has 0 aliphatic carbocycles. The van der Waals surface area contributed by atoms with E-state index in [0.29, 0.717) is 36.2 Å². The van der Waals surface area contributed by atoms with Gasteiger partial charge in [0.2, 0.25) is 0 Å². The van der Waals surface area contributed by atoms with Gasteiger partial charge in [-0.2, -0.15) is 13.2 Å². The first-order valence-corrected chi connectivity index (χ1v) is 11.2. The molecule has 0 bridgehead atoms. The number of carbonyl (C=O) groups is 1. The van der Waals surface area contributed by atoms with Crippen LogP contribution in [-0.4, -0.2) is 60.1 Å². The van der Waals surface area contributed by atoms with Crippen molar-refractivity contribution >= 4 is 11.6 Å². The highest BCUT2D eigenvalue weighted by Gasteiger charge is 2.33. The smallest absolute Gasteiger partial charge is 0.432 e. The van der Waals surface area contributed by atoms with Gasteiger partial charge in [-0.3, -0.25) is 9.69 Å². The molecule has 0 atom stereocenters.